The molecule has 3 aromatic carbocycles. The quantitative estimate of drug-likeness (QED) is 0.319. The summed E-state index contributed by atoms with van der Waals surface area (Å²) in [5.41, 5.74) is 1.96. The van der Waals surface area contributed by atoms with E-state index in [0.29, 0.717) is 38.5 Å². The Bertz CT molecular complexity index is 1160. The highest BCUT2D eigenvalue weighted by molar-refractivity contribution is 9.10. The van der Waals surface area contributed by atoms with Crippen LogP contribution in [0.3, 0.4) is 0 Å². The van der Waals surface area contributed by atoms with Gasteiger partial charge in [-0.3, -0.25) is 4.79 Å². The summed E-state index contributed by atoms with van der Waals surface area (Å²) in [6.07, 6.45) is -5.00. The SMILES string of the molecule is COc1ccc(N[C@H](c2ccccc2)[C@H](Cc2cc(OC)c(OC)cc2Br)NC(=O)C(F)(F)F)cc1. The van der Waals surface area contributed by atoms with Crippen LogP contribution in [0.2, 0.25) is 0 Å². The molecule has 3 rings (SSSR count). The Hall–Kier alpha value is -3.40. The number of halogens is 4. The number of benzene rings is 3. The van der Waals surface area contributed by atoms with E-state index < -0.39 is 24.2 Å². The summed E-state index contributed by atoms with van der Waals surface area (Å²) >= 11 is 3.47. The second-order valence-corrected chi connectivity index (χ2v) is 8.70. The topological polar surface area (TPSA) is 68.8 Å². The Balaban J connectivity index is 2.06. The largest absolute Gasteiger partial charge is 0.497 e. The van der Waals surface area contributed by atoms with E-state index in [1.54, 1.807) is 67.8 Å². The molecule has 0 aliphatic rings. The van der Waals surface area contributed by atoms with Crippen molar-refractivity contribution in [2.75, 3.05) is 26.6 Å². The van der Waals surface area contributed by atoms with Crippen molar-refractivity contribution in [3.8, 4) is 17.2 Å². The van der Waals surface area contributed by atoms with Gasteiger partial charge in [0.05, 0.1) is 33.4 Å². The normalized spacial score (nSPS) is 12.9. The Kier molecular flexibility index (Phi) is 9.08. The predicted octanol–water partition coefficient (Wildman–Crippen LogP) is 5.92. The number of nitrogens with one attached hydrogen (secondary N) is 2. The standard InChI is InChI=1S/C26H26BrF3N2O4/c1-34-19-11-9-18(10-12-19)31-24(16-7-5-4-6-8-16)21(32-25(33)26(28,29)30)13-17-14-22(35-2)23(36-3)15-20(17)27/h4-12,14-15,21,24,31H,13H2,1-3H3,(H,32,33)/t21-,24+/m0/s1. The highest BCUT2D eigenvalue weighted by Gasteiger charge is 2.41. The van der Waals surface area contributed by atoms with Gasteiger partial charge in [-0.05, 0) is 53.9 Å². The number of hydrogen-bond acceptors (Lipinski definition) is 5. The minimum Gasteiger partial charge on any atom is -0.497 e. The van der Waals surface area contributed by atoms with Gasteiger partial charge in [-0.15, -0.1) is 0 Å². The molecular formula is C26H26BrF3N2O4. The lowest BCUT2D eigenvalue weighted by Gasteiger charge is -2.31. The Morgan fingerprint density at radius 2 is 1.53 bits per heavy atom. The summed E-state index contributed by atoms with van der Waals surface area (Å²) in [5, 5.41) is 5.48. The number of ether oxygens (including phenoxy) is 3. The van der Waals surface area contributed by atoms with Crippen LogP contribution in [0.15, 0.2) is 71.2 Å². The number of hydrogen-bond donors (Lipinski definition) is 2. The van der Waals surface area contributed by atoms with Crippen LogP contribution >= 0.6 is 15.9 Å². The number of anilines is 1. The molecule has 1 amide bonds. The zero-order valence-corrected chi connectivity index (χ0v) is 21.4. The van der Waals surface area contributed by atoms with Crippen molar-refractivity contribution in [3.63, 3.8) is 0 Å². The van der Waals surface area contributed by atoms with Gasteiger partial charge in [-0.25, -0.2) is 0 Å². The fourth-order valence-corrected chi connectivity index (χ4v) is 4.22. The summed E-state index contributed by atoms with van der Waals surface area (Å²) in [5.74, 6) is -0.523. The van der Waals surface area contributed by atoms with Crippen LogP contribution in [0.25, 0.3) is 0 Å². The molecule has 0 spiro atoms. The fraction of sp³-hybridized carbons (Fsp3) is 0.269. The third-order valence-electron chi connectivity index (χ3n) is 5.54. The molecule has 0 heterocycles. The fourth-order valence-electron chi connectivity index (χ4n) is 3.74. The molecule has 10 heteroatoms. The van der Waals surface area contributed by atoms with E-state index >= 15 is 0 Å². The zero-order valence-electron chi connectivity index (χ0n) is 19.9. The maximum absolute atomic E-state index is 13.3. The van der Waals surface area contributed by atoms with Crippen molar-refractivity contribution in [1.29, 1.82) is 0 Å². The molecule has 0 fully saturated rings. The Labute approximate surface area is 215 Å². The lowest BCUT2D eigenvalue weighted by atomic mass is 9.93. The Morgan fingerprint density at radius 3 is 2.08 bits per heavy atom. The average Bonchev–Trinajstić information content (AvgIpc) is 2.87. The highest BCUT2D eigenvalue weighted by Crippen LogP contribution is 2.35. The van der Waals surface area contributed by atoms with Gasteiger partial charge in [0.2, 0.25) is 0 Å². The van der Waals surface area contributed by atoms with Gasteiger partial charge in [0.15, 0.2) is 11.5 Å². The highest BCUT2D eigenvalue weighted by atomic mass is 79.9. The zero-order chi connectivity index (χ0) is 26.3. The van der Waals surface area contributed by atoms with Crippen LogP contribution in [-0.2, 0) is 11.2 Å². The first-order chi connectivity index (χ1) is 17.2. The number of rotatable bonds is 10. The molecule has 0 radical (unpaired) electrons. The van der Waals surface area contributed by atoms with Crippen LogP contribution in [0.4, 0.5) is 18.9 Å². The van der Waals surface area contributed by atoms with Gasteiger partial charge in [0.25, 0.3) is 0 Å². The van der Waals surface area contributed by atoms with Crippen molar-refractivity contribution < 1.29 is 32.2 Å². The number of methoxy groups -OCH3 is 3. The molecule has 2 N–H and O–H groups in total. The van der Waals surface area contributed by atoms with Gasteiger partial charge >= 0.3 is 12.1 Å². The molecule has 0 bridgehead atoms. The first kappa shape index (κ1) is 27.2. The van der Waals surface area contributed by atoms with E-state index in [-0.39, 0.29) is 6.42 Å². The second kappa shape index (κ2) is 12.0. The molecule has 3 aromatic rings. The molecule has 0 aliphatic carbocycles. The van der Waals surface area contributed by atoms with E-state index in [4.69, 9.17) is 14.2 Å². The van der Waals surface area contributed by atoms with Crippen LogP contribution in [0.1, 0.15) is 17.2 Å². The summed E-state index contributed by atoms with van der Waals surface area (Å²) in [6.45, 7) is 0. The van der Waals surface area contributed by atoms with Crippen LogP contribution in [-0.4, -0.2) is 39.5 Å². The second-order valence-electron chi connectivity index (χ2n) is 7.84. The van der Waals surface area contributed by atoms with Gasteiger partial charge < -0.3 is 24.8 Å². The smallest absolute Gasteiger partial charge is 0.471 e. The molecule has 36 heavy (non-hydrogen) atoms. The minimum absolute atomic E-state index is 0.0471. The number of alkyl halides is 3. The van der Waals surface area contributed by atoms with Crippen molar-refractivity contribution in [2.24, 2.45) is 0 Å². The third kappa shape index (κ3) is 6.84. The monoisotopic (exact) mass is 566 g/mol. The molecule has 0 saturated heterocycles. The van der Waals surface area contributed by atoms with E-state index in [1.165, 1.54) is 14.2 Å². The van der Waals surface area contributed by atoms with Gasteiger partial charge in [-0.1, -0.05) is 46.3 Å². The van der Waals surface area contributed by atoms with E-state index in [2.05, 4.69) is 26.6 Å². The number of carbonyl (C=O) groups is 1. The molecule has 0 saturated carbocycles. The number of amides is 1. The molecular weight excluding hydrogens is 541 g/mol. The van der Waals surface area contributed by atoms with Crippen molar-refractivity contribution >= 4 is 27.5 Å². The molecule has 2 atom stereocenters. The minimum atomic E-state index is -5.05. The first-order valence-corrected chi connectivity index (χ1v) is 11.7. The summed E-state index contributed by atoms with van der Waals surface area (Å²) in [6, 6.07) is 17.6. The molecule has 6 nitrogen and oxygen atoms in total. The van der Waals surface area contributed by atoms with E-state index in [1.807, 2.05) is 6.07 Å². The maximum Gasteiger partial charge on any atom is 0.471 e. The lowest BCUT2D eigenvalue weighted by Crippen LogP contribution is -2.48. The van der Waals surface area contributed by atoms with Gasteiger partial charge in [0, 0.05) is 10.2 Å². The molecule has 0 unspecified atom stereocenters. The Morgan fingerprint density at radius 1 is 0.917 bits per heavy atom. The molecule has 0 aromatic heterocycles. The summed E-state index contributed by atoms with van der Waals surface area (Å²) in [4.78, 5) is 12.1. The van der Waals surface area contributed by atoms with Crippen LogP contribution < -0.4 is 24.8 Å². The van der Waals surface area contributed by atoms with Gasteiger partial charge in [-0.2, -0.15) is 13.2 Å². The first-order valence-electron chi connectivity index (χ1n) is 10.9. The van der Waals surface area contributed by atoms with Crippen molar-refractivity contribution in [1.82, 2.24) is 5.32 Å². The molecule has 0 aliphatic heterocycles. The van der Waals surface area contributed by atoms with Gasteiger partial charge in [0.1, 0.15) is 5.75 Å². The average molecular weight is 567 g/mol. The number of carbonyl (C=O) groups excluding carboxylic acids is 1. The van der Waals surface area contributed by atoms with Crippen molar-refractivity contribution in [2.45, 2.75) is 24.7 Å². The predicted molar refractivity (Wildman–Crippen MR) is 135 cm³/mol. The van der Waals surface area contributed by atoms with E-state index in [0.717, 1.165) is 0 Å². The lowest BCUT2D eigenvalue weighted by molar-refractivity contribution is -0.174. The maximum atomic E-state index is 13.3. The third-order valence-corrected chi connectivity index (χ3v) is 6.28. The molecule has 192 valence electrons. The van der Waals surface area contributed by atoms with Crippen LogP contribution in [0.5, 0.6) is 17.2 Å². The van der Waals surface area contributed by atoms with Crippen molar-refractivity contribution in [3.05, 3.63) is 82.3 Å². The van der Waals surface area contributed by atoms with Crippen LogP contribution in [0, 0.1) is 0 Å². The van der Waals surface area contributed by atoms with E-state index in [9.17, 15) is 18.0 Å². The summed E-state index contributed by atoms with van der Waals surface area (Å²) in [7, 11) is 4.50. The summed E-state index contributed by atoms with van der Waals surface area (Å²) < 4.78 is 56.5.